The fourth-order valence-electron chi connectivity index (χ4n) is 8.14. The molecule has 0 bridgehead atoms. The van der Waals surface area contributed by atoms with Crippen molar-refractivity contribution in [1.29, 1.82) is 0 Å². The summed E-state index contributed by atoms with van der Waals surface area (Å²) in [6.07, 6.45) is 7.57. The zero-order chi connectivity index (χ0) is 35.6. The molecule has 10 nitrogen and oxygen atoms in total. The Morgan fingerprint density at radius 2 is 1.26 bits per heavy atom. The van der Waals surface area contributed by atoms with Gasteiger partial charge in [-0.25, -0.2) is 21.8 Å². The van der Waals surface area contributed by atoms with E-state index < -0.39 is 20.0 Å². The first-order valence-corrected chi connectivity index (χ1v) is 22.1. The maximum absolute atomic E-state index is 13.2. The Morgan fingerprint density at radius 3 is 1.84 bits per heavy atom. The second kappa shape index (κ2) is 16.0. The number of piperidine rings is 3. The van der Waals surface area contributed by atoms with E-state index in [1.54, 1.807) is 32.3 Å². The molecule has 0 spiro atoms. The lowest BCUT2D eigenvalue weighted by Gasteiger charge is -2.41. The number of ether oxygens (including phenoxy) is 1. The summed E-state index contributed by atoms with van der Waals surface area (Å²) < 4.78 is 62.3. The van der Waals surface area contributed by atoms with Gasteiger partial charge in [-0.1, -0.05) is 24.6 Å². The minimum atomic E-state index is -3.42. The summed E-state index contributed by atoms with van der Waals surface area (Å²) in [5.74, 6) is 0.832. The normalized spacial score (nSPS) is 23.6. The van der Waals surface area contributed by atoms with Gasteiger partial charge in [-0.15, -0.1) is 11.3 Å². The monoisotopic (exact) mass is 745 g/mol. The largest absolute Gasteiger partial charge is 0.363 e. The number of likely N-dealkylation sites (tertiary alicyclic amines) is 1. The maximum Gasteiger partial charge on any atom is 0.243 e. The maximum atomic E-state index is 13.2. The Hall–Kier alpha value is -1.97. The third-order valence-electron chi connectivity index (χ3n) is 11.2. The number of nitrogens with zero attached hydrogens (tertiary/aromatic N) is 5. The lowest BCUT2D eigenvalue weighted by Crippen LogP contribution is -2.50. The highest BCUT2D eigenvalue weighted by Crippen LogP contribution is 2.30. The van der Waals surface area contributed by atoms with Crippen molar-refractivity contribution in [2.24, 2.45) is 5.92 Å². The van der Waals surface area contributed by atoms with Crippen LogP contribution in [0.1, 0.15) is 75.5 Å². The third kappa shape index (κ3) is 8.46. The predicted molar refractivity (Wildman–Crippen MR) is 201 cm³/mol. The molecule has 4 aliphatic heterocycles. The van der Waals surface area contributed by atoms with E-state index >= 15 is 0 Å². The molecule has 0 saturated carbocycles. The van der Waals surface area contributed by atoms with Crippen molar-refractivity contribution in [2.75, 3.05) is 52.5 Å². The van der Waals surface area contributed by atoms with Gasteiger partial charge in [-0.05, 0) is 121 Å². The molecule has 0 aliphatic carbocycles. The molecule has 3 aromatic rings. The molecule has 0 amide bonds. The molecule has 1 atom stereocenters. The van der Waals surface area contributed by atoms with Gasteiger partial charge in [0.2, 0.25) is 20.0 Å². The van der Waals surface area contributed by atoms with Crippen LogP contribution in [0, 0.1) is 26.7 Å². The summed E-state index contributed by atoms with van der Waals surface area (Å²) in [5, 5.41) is 0. The van der Waals surface area contributed by atoms with E-state index in [-0.39, 0.29) is 0 Å². The summed E-state index contributed by atoms with van der Waals surface area (Å²) in [7, 11) is -6.82. The number of aromatic nitrogens is 1. The summed E-state index contributed by atoms with van der Waals surface area (Å²) in [4.78, 5) is 10.1. The molecular formula is C37H55N5O5S3. The number of sulfonamides is 2. The lowest BCUT2D eigenvalue weighted by molar-refractivity contribution is -0.0829. The number of benzene rings is 2. The minimum absolute atomic E-state index is 0.337. The quantitative estimate of drug-likeness (QED) is 0.302. The van der Waals surface area contributed by atoms with Gasteiger partial charge >= 0.3 is 0 Å². The molecule has 50 heavy (non-hydrogen) atoms. The highest BCUT2D eigenvalue weighted by atomic mass is 32.2. The van der Waals surface area contributed by atoms with E-state index in [4.69, 9.17) is 4.74 Å². The lowest BCUT2D eigenvalue weighted by atomic mass is 9.95. The molecule has 4 aliphatic rings. The smallest absolute Gasteiger partial charge is 0.243 e. The van der Waals surface area contributed by atoms with Crippen molar-refractivity contribution in [3.05, 3.63) is 52.5 Å². The molecular weight excluding hydrogens is 691 g/mol. The summed E-state index contributed by atoms with van der Waals surface area (Å²) in [6.45, 7) is 16.7. The predicted octanol–water partition coefficient (Wildman–Crippen LogP) is 6.01. The molecule has 276 valence electrons. The van der Waals surface area contributed by atoms with E-state index in [9.17, 15) is 16.8 Å². The summed E-state index contributed by atoms with van der Waals surface area (Å²) in [6, 6.07) is 10.1. The van der Waals surface area contributed by atoms with Gasteiger partial charge in [0.15, 0.2) is 0 Å². The number of thiazole rings is 1. The fourth-order valence-corrected chi connectivity index (χ4v) is 12.3. The number of rotatable bonds is 6. The number of fused-ring (bicyclic) bond motifs is 1. The van der Waals surface area contributed by atoms with Crippen molar-refractivity contribution in [3.63, 3.8) is 0 Å². The van der Waals surface area contributed by atoms with Crippen LogP contribution in [-0.4, -0.2) is 111 Å². The molecule has 0 N–H and O–H groups in total. The third-order valence-corrected chi connectivity index (χ3v) is 16.1. The van der Waals surface area contributed by atoms with Gasteiger partial charge in [0.1, 0.15) is 0 Å². The van der Waals surface area contributed by atoms with Gasteiger partial charge in [0.25, 0.3) is 0 Å². The van der Waals surface area contributed by atoms with Gasteiger partial charge in [0.05, 0.1) is 38.4 Å². The van der Waals surface area contributed by atoms with E-state index in [0.29, 0.717) is 60.9 Å². The van der Waals surface area contributed by atoms with E-state index in [2.05, 4.69) is 28.6 Å². The second-order valence-corrected chi connectivity index (χ2v) is 19.6. The Labute approximate surface area is 303 Å². The minimum Gasteiger partial charge on any atom is -0.363 e. The molecule has 1 unspecified atom stereocenters. The van der Waals surface area contributed by atoms with Crippen LogP contribution in [0.15, 0.2) is 45.6 Å². The zero-order valence-corrected chi connectivity index (χ0v) is 32.8. The zero-order valence-electron chi connectivity index (χ0n) is 30.4. The van der Waals surface area contributed by atoms with Crippen LogP contribution in [0.5, 0.6) is 0 Å². The van der Waals surface area contributed by atoms with Crippen LogP contribution < -0.4 is 0 Å². The SMILES string of the molecule is CC1CCN(C2CCN(S(=O)(=O)c3ccc4ncsc4c3)CC2)CC1.Cc1cc(C)c(S(=O)(=O)N2CCC(N3CCC(C)OC3)CC2)c(C)c1. The molecule has 0 radical (unpaired) electrons. The van der Waals surface area contributed by atoms with Crippen molar-refractivity contribution >= 4 is 41.6 Å². The van der Waals surface area contributed by atoms with Crippen molar-refractivity contribution in [2.45, 2.75) is 108 Å². The number of hydrogen-bond acceptors (Lipinski definition) is 9. The molecule has 5 heterocycles. The van der Waals surface area contributed by atoms with Gasteiger partial charge in [-0.3, -0.25) is 4.90 Å². The first-order valence-electron chi connectivity index (χ1n) is 18.3. The van der Waals surface area contributed by atoms with Crippen LogP contribution >= 0.6 is 11.3 Å². The Bertz CT molecular complexity index is 1790. The second-order valence-electron chi connectivity index (χ2n) is 14.9. The Morgan fingerprint density at radius 1 is 0.700 bits per heavy atom. The van der Waals surface area contributed by atoms with Gasteiger partial charge in [-0.2, -0.15) is 8.61 Å². The Kier molecular flexibility index (Phi) is 12.1. The van der Waals surface area contributed by atoms with E-state index in [0.717, 1.165) is 71.5 Å². The van der Waals surface area contributed by atoms with Gasteiger partial charge < -0.3 is 9.64 Å². The van der Waals surface area contributed by atoms with Crippen molar-refractivity contribution in [1.82, 2.24) is 23.4 Å². The molecule has 7 rings (SSSR count). The van der Waals surface area contributed by atoms with Crippen LogP contribution in [0.3, 0.4) is 0 Å². The fraction of sp³-hybridized carbons (Fsp3) is 0.649. The summed E-state index contributed by atoms with van der Waals surface area (Å²) >= 11 is 1.48. The molecule has 13 heteroatoms. The van der Waals surface area contributed by atoms with Crippen LogP contribution in [0.25, 0.3) is 10.2 Å². The number of aryl methyl sites for hydroxylation is 3. The van der Waals surface area contributed by atoms with E-state index in [1.165, 1.54) is 37.3 Å². The van der Waals surface area contributed by atoms with E-state index in [1.807, 2.05) is 32.9 Å². The molecule has 4 saturated heterocycles. The highest BCUT2D eigenvalue weighted by Gasteiger charge is 2.35. The van der Waals surface area contributed by atoms with Crippen LogP contribution in [0.2, 0.25) is 0 Å². The first-order chi connectivity index (χ1) is 23.8. The standard InChI is InChI=1S/C19H30N2O3S.C18H25N3O2S2/c1-14-11-15(2)19(16(3)12-14)25(22,23)21-9-6-18(7-10-21)20-8-5-17(4)24-13-20;1-14-4-8-20(9-5-14)15-6-10-21(11-7-15)25(22,23)16-2-3-17-18(12-16)24-13-19-17/h11-12,17-18H,5-10,13H2,1-4H3;2-3,12-15H,4-11H2,1H3. The van der Waals surface area contributed by atoms with Gasteiger partial charge in [0, 0.05) is 44.8 Å². The average Bonchev–Trinajstić information content (AvgIpc) is 3.57. The Balaban J connectivity index is 0.000000173. The topological polar surface area (TPSA) is 103 Å². The first kappa shape index (κ1) is 37.8. The summed E-state index contributed by atoms with van der Waals surface area (Å²) in [5.41, 5.74) is 5.41. The average molecular weight is 746 g/mol. The highest BCUT2D eigenvalue weighted by molar-refractivity contribution is 7.89. The molecule has 1 aromatic heterocycles. The van der Waals surface area contributed by atoms with Crippen LogP contribution in [-0.2, 0) is 24.8 Å². The molecule has 2 aromatic carbocycles. The molecule has 4 fully saturated rings. The van der Waals surface area contributed by atoms with Crippen molar-refractivity contribution < 1.29 is 21.6 Å². The van der Waals surface area contributed by atoms with Crippen molar-refractivity contribution in [3.8, 4) is 0 Å². The number of hydrogen-bond donors (Lipinski definition) is 0. The van der Waals surface area contributed by atoms with Crippen LogP contribution in [0.4, 0.5) is 0 Å².